The summed E-state index contributed by atoms with van der Waals surface area (Å²) in [6, 6.07) is 13.6. The van der Waals surface area contributed by atoms with Crippen LogP contribution in [0.5, 0.6) is 0 Å². The largest absolute Gasteiger partial charge is 0.478 e. The lowest BCUT2D eigenvalue weighted by molar-refractivity contribution is -0.385. The predicted octanol–water partition coefficient (Wildman–Crippen LogP) is 3.54. The van der Waals surface area contributed by atoms with Crippen molar-refractivity contribution in [3.8, 4) is 0 Å². The molecule has 13 heteroatoms. The van der Waals surface area contributed by atoms with E-state index in [2.05, 4.69) is 0 Å². The molecule has 0 radical (unpaired) electrons. The summed E-state index contributed by atoms with van der Waals surface area (Å²) in [6.07, 6.45) is 0. The number of carbonyl (C=O) groups excluding carboxylic acids is 1. The summed E-state index contributed by atoms with van der Waals surface area (Å²) >= 11 is 0. The van der Waals surface area contributed by atoms with Gasteiger partial charge in [-0.3, -0.25) is 25.0 Å². The van der Waals surface area contributed by atoms with Crippen LogP contribution in [0, 0.1) is 27.2 Å². The van der Waals surface area contributed by atoms with Crippen LogP contribution < -0.4 is 0 Å². The van der Waals surface area contributed by atoms with E-state index in [4.69, 9.17) is 0 Å². The Hall–Kier alpha value is -4.65. The average Bonchev–Trinajstić information content (AvgIpc) is 2.82. The molecule has 180 valence electrons. The molecule has 0 bridgehead atoms. The summed E-state index contributed by atoms with van der Waals surface area (Å²) in [6.45, 7) is 0.780. The van der Waals surface area contributed by atoms with Crippen molar-refractivity contribution in [2.75, 3.05) is 0 Å². The minimum Gasteiger partial charge on any atom is -0.478 e. The number of aryl methyl sites for hydroxylation is 1. The van der Waals surface area contributed by atoms with Crippen LogP contribution in [0.2, 0.25) is 0 Å². The molecule has 1 N–H and O–H groups in total. The van der Waals surface area contributed by atoms with Crippen LogP contribution in [0.3, 0.4) is 0 Å². The fourth-order valence-corrected chi connectivity index (χ4v) is 4.69. The van der Waals surface area contributed by atoms with E-state index in [0.717, 1.165) is 30.3 Å². The third-order valence-electron chi connectivity index (χ3n) is 5.04. The molecule has 0 aliphatic carbocycles. The van der Waals surface area contributed by atoms with E-state index >= 15 is 0 Å². The standard InChI is InChI=1S/C22H17N3O9S/c1-14-10-11-16(12-19(14)25(31)32)35(33,34)23(13-15-6-3-2-4-7-15)21(26)20-17(22(27)28)8-5-9-18(20)24(29)30/h2-12H,13H2,1H3,(H,27,28). The Labute approximate surface area is 198 Å². The van der Waals surface area contributed by atoms with Gasteiger partial charge in [-0.25, -0.2) is 17.5 Å². The van der Waals surface area contributed by atoms with Crippen LogP contribution in [0.25, 0.3) is 0 Å². The Kier molecular flexibility index (Phi) is 6.91. The molecule has 3 aromatic rings. The number of carboxylic acid groups (broad SMARTS) is 1. The first kappa shape index (κ1) is 25.0. The molecule has 0 saturated carbocycles. The highest BCUT2D eigenvalue weighted by atomic mass is 32.2. The van der Waals surface area contributed by atoms with Gasteiger partial charge in [-0.1, -0.05) is 42.5 Å². The first-order valence-electron chi connectivity index (χ1n) is 9.82. The van der Waals surface area contributed by atoms with E-state index in [1.54, 1.807) is 18.2 Å². The van der Waals surface area contributed by atoms with Gasteiger partial charge in [0.15, 0.2) is 0 Å². The Bertz CT molecular complexity index is 1420. The summed E-state index contributed by atoms with van der Waals surface area (Å²) in [5.41, 5.74) is -2.66. The lowest BCUT2D eigenvalue weighted by Crippen LogP contribution is -2.37. The predicted molar refractivity (Wildman–Crippen MR) is 121 cm³/mol. The molecule has 0 spiro atoms. The summed E-state index contributed by atoms with van der Waals surface area (Å²) in [5, 5.41) is 32.4. The van der Waals surface area contributed by atoms with Crippen molar-refractivity contribution in [2.45, 2.75) is 18.4 Å². The molecule has 0 aliphatic rings. The molecule has 0 heterocycles. The molecule has 12 nitrogen and oxygen atoms in total. The monoisotopic (exact) mass is 499 g/mol. The van der Waals surface area contributed by atoms with E-state index in [0.29, 0.717) is 5.56 Å². The number of hydrogen-bond donors (Lipinski definition) is 1. The van der Waals surface area contributed by atoms with Gasteiger partial charge >= 0.3 is 5.97 Å². The second-order valence-corrected chi connectivity index (χ2v) is 9.13. The third kappa shape index (κ3) is 4.99. The molecule has 1 amide bonds. The molecule has 0 aromatic heterocycles. The first-order chi connectivity index (χ1) is 16.4. The van der Waals surface area contributed by atoms with Crippen molar-refractivity contribution in [3.05, 3.63) is 109 Å². The number of nitrogens with zero attached hydrogens (tertiary/aromatic N) is 3. The summed E-state index contributed by atoms with van der Waals surface area (Å²) < 4.78 is 27.4. The number of nitro groups is 2. The second-order valence-electron chi connectivity index (χ2n) is 7.27. The van der Waals surface area contributed by atoms with Crippen LogP contribution in [-0.2, 0) is 16.6 Å². The van der Waals surface area contributed by atoms with Gasteiger partial charge in [0.2, 0.25) is 0 Å². The Morgan fingerprint density at radius 3 is 2.11 bits per heavy atom. The highest BCUT2D eigenvalue weighted by Crippen LogP contribution is 2.30. The van der Waals surface area contributed by atoms with Gasteiger partial charge in [-0.05, 0) is 24.6 Å². The Morgan fingerprint density at radius 2 is 1.54 bits per heavy atom. The van der Waals surface area contributed by atoms with Gasteiger partial charge < -0.3 is 5.11 Å². The zero-order chi connectivity index (χ0) is 25.9. The normalized spacial score (nSPS) is 11.0. The number of carboxylic acids is 1. The maximum atomic E-state index is 13.6. The zero-order valence-electron chi connectivity index (χ0n) is 18.0. The molecule has 3 aromatic carbocycles. The van der Waals surface area contributed by atoms with Gasteiger partial charge in [-0.2, -0.15) is 0 Å². The van der Waals surface area contributed by atoms with Gasteiger partial charge in [0, 0.05) is 17.7 Å². The molecular weight excluding hydrogens is 482 g/mol. The molecule has 3 rings (SSSR count). The minimum absolute atomic E-state index is 0.168. The molecule has 0 aliphatic heterocycles. The third-order valence-corrected chi connectivity index (χ3v) is 6.77. The van der Waals surface area contributed by atoms with Gasteiger partial charge in [0.25, 0.3) is 27.3 Å². The van der Waals surface area contributed by atoms with Crippen LogP contribution in [-0.4, -0.2) is 39.6 Å². The number of benzene rings is 3. The lowest BCUT2D eigenvalue weighted by Gasteiger charge is -2.23. The Morgan fingerprint density at radius 1 is 0.914 bits per heavy atom. The van der Waals surface area contributed by atoms with Crippen LogP contribution >= 0.6 is 0 Å². The van der Waals surface area contributed by atoms with Crippen LogP contribution in [0.1, 0.15) is 31.8 Å². The van der Waals surface area contributed by atoms with Gasteiger partial charge in [-0.15, -0.1) is 0 Å². The van der Waals surface area contributed by atoms with E-state index in [9.17, 15) is 43.3 Å². The zero-order valence-corrected chi connectivity index (χ0v) is 18.8. The van der Waals surface area contributed by atoms with Crippen molar-refractivity contribution in [2.24, 2.45) is 0 Å². The number of amides is 1. The quantitative estimate of drug-likeness (QED) is 0.358. The second kappa shape index (κ2) is 9.69. The first-order valence-corrected chi connectivity index (χ1v) is 11.3. The highest BCUT2D eigenvalue weighted by Gasteiger charge is 2.37. The molecule has 0 saturated heterocycles. The smallest absolute Gasteiger partial charge is 0.336 e. The van der Waals surface area contributed by atoms with Crippen molar-refractivity contribution in [1.82, 2.24) is 4.31 Å². The number of carbonyl (C=O) groups is 2. The van der Waals surface area contributed by atoms with E-state index in [1.807, 2.05) is 0 Å². The lowest BCUT2D eigenvalue weighted by atomic mass is 10.0. The fourth-order valence-electron chi connectivity index (χ4n) is 3.31. The number of rotatable bonds is 8. The van der Waals surface area contributed by atoms with Crippen molar-refractivity contribution in [3.63, 3.8) is 0 Å². The van der Waals surface area contributed by atoms with Crippen molar-refractivity contribution >= 4 is 33.3 Å². The topological polar surface area (TPSA) is 178 Å². The fraction of sp³-hybridized carbons (Fsp3) is 0.0909. The van der Waals surface area contributed by atoms with E-state index in [-0.39, 0.29) is 9.87 Å². The van der Waals surface area contributed by atoms with Crippen molar-refractivity contribution < 1.29 is 33.0 Å². The van der Waals surface area contributed by atoms with Crippen LogP contribution in [0.15, 0.2) is 71.6 Å². The van der Waals surface area contributed by atoms with E-state index in [1.165, 1.54) is 25.1 Å². The van der Waals surface area contributed by atoms with Crippen LogP contribution in [0.4, 0.5) is 11.4 Å². The molecule has 0 fully saturated rings. The number of nitro benzene ring substituents is 2. The Balaban J connectivity index is 2.27. The summed E-state index contributed by atoms with van der Waals surface area (Å²) in [4.78, 5) is 45.8. The maximum Gasteiger partial charge on any atom is 0.336 e. The molecule has 0 atom stereocenters. The van der Waals surface area contributed by atoms with Crippen molar-refractivity contribution in [1.29, 1.82) is 0 Å². The minimum atomic E-state index is -4.84. The van der Waals surface area contributed by atoms with Gasteiger partial charge in [0.1, 0.15) is 5.56 Å². The molecule has 35 heavy (non-hydrogen) atoms. The van der Waals surface area contributed by atoms with Gasteiger partial charge in [0.05, 0.1) is 26.9 Å². The summed E-state index contributed by atoms with van der Waals surface area (Å²) in [7, 11) is -4.84. The maximum absolute atomic E-state index is 13.6. The molecular formula is C22H17N3O9S. The number of hydrogen-bond acceptors (Lipinski definition) is 8. The number of sulfonamides is 1. The summed E-state index contributed by atoms with van der Waals surface area (Å²) in [5.74, 6) is -3.15. The van der Waals surface area contributed by atoms with E-state index < -0.39 is 65.7 Å². The SMILES string of the molecule is Cc1ccc(S(=O)(=O)N(Cc2ccccc2)C(=O)c2c(C(=O)O)cccc2[N+](=O)[O-])cc1[N+](=O)[O-]. The average molecular weight is 499 g/mol. The molecule has 0 unspecified atom stereocenters. The number of aromatic carboxylic acids is 1. The highest BCUT2D eigenvalue weighted by molar-refractivity contribution is 7.89.